The first-order chi connectivity index (χ1) is 10.3. The van der Waals surface area contributed by atoms with E-state index in [2.05, 4.69) is 15.0 Å². The van der Waals surface area contributed by atoms with Crippen molar-refractivity contribution in [2.75, 3.05) is 0 Å². The van der Waals surface area contributed by atoms with E-state index in [1.807, 2.05) is 60.7 Å². The lowest BCUT2D eigenvalue weighted by Crippen LogP contribution is -2.08. The van der Waals surface area contributed by atoms with Crippen LogP contribution in [0.4, 0.5) is 0 Å². The Kier molecular flexibility index (Phi) is 3.69. The summed E-state index contributed by atoms with van der Waals surface area (Å²) in [5.74, 6) is 0. The van der Waals surface area contributed by atoms with Crippen LogP contribution < -0.4 is 5.69 Å². The number of aromatic nitrogens is 3. The molecule has 0 amide bonds. The Morgan fingerprint density at radius 3 is 1.76 bits per heavy atom. The molecular formula is C17H15N3O. The highest BCUT2D eigenvalue weighted by atomic mass is 16.1. The molecule has 0 spiro atoms. The first kappa shape index (κ1) is 13.0. The maximum Gasteiger partial charge on any atom is 0.323 e. The number of hydrogen-bond donors (Lipinski definition) is 3. The van der Waals surface area contributed by atoms with Crippen molar-refractivity contribution in [2.45, 2.75) is 0 Å². The summed E-state index contributed by atoms with van der Waals surface area (Å²) in [7, 11) is 0. The summed E-state index contributed by atoms with van der Waals surface area (Å²) in [4.78, 5) is 20.6. The molecule has 1 aromatic heterocycles. The summed E-state index contributed by atoms with van der Waals surface area (Å²) in [6, 6.07) is 19.5. The van der Waals surface area contributed by atoms with E-state index in [-0.39, 0.29) is 5.69 Å². The fourth-order valence-electron chi connectivity index (χ4n) is 2.08. The lowest BCUT2D eigenvalue weighted by molar-refractivity contribution is 1.08. The third-order valence-corrected chi connectivity index (χ3v) is 3.14. The van der Waals surface area contributed by atoms with E-state index in [9.17, 15) is 4.79 Å². The maximum absolute atomic E-state index is 11.9. The van der Waals surface area contributed by atoms with Crippen LogP contribution >= 0.6 is 0 Å². The summed E-state index contributed by atoms with van der Waals surface area (Å²) < 4.78 is 0. The molecular weight excluding hydrogens is 262 g/mol. The van der Waals surface area contributed by atoms with Gasteiger partial charge in [0.15, 0.2) is 0 Å². The number of hydrogen-bond acceptors (Lipinski definition) is 1. The zero-order valence-corrected chi connectivity index (χ0v) is 11.3. The normalized spacial score (nSPS) is 10.1. The smallest absolute Gasteiger partial charge is 0.323 e. The minimum Gasteiger partial charge on any atom is -0.358 e. The molecule has 3 rings (SSSR count). The van der Waals surface area contributed by atoms with Gasteiger partial charge in [0.25, 0.3) is 0 Å². The Morgan fingerprint density at radius 2 is 1.14 bits per heavy atom. The molecule has 2 aromatic carbocycles. The molecule has 1 heterocycles. The van der Waals surface area contributed by atoms with Crippen LogP contribution in [0, 0.1) is 0 Å². The maximum atomic E-state index is 11.9. The van der Waals surface area contributed by atoms with Gasteiger partial charge in [-0.15, -0.1) is 0 Å². The van der Waals surface area contributed by atoms with Crippen molar-refractivity contribution in [3.8, 4) is 22.5 Å². The van der Waals surface area contributed by atoms with Gasteiger partial charge in [-0.3, -0.25) is 0 Å². The Balaban J connectivity index is 2.15. The predicted octanol–water partition coefficient (Wildman–Crippen LogP) is 3.49. The molecule has 0 radical (unpaired) electrons. The van der Waals surface area contributed by atoms with E-state index < -0.39 is 0 Å². The van der Waals surface area contributed by atoms with Crippen molar-refractivity contribution in [1.82, 2.24) is 15.0 Å². The van der Waals surface area contributed by atoms with Gasteiger partial charge in [-0.05, 0) is 11.1 Å². The third-order valence-electron chi connectivity index (χ3n) is 3.14. The van der Waals surface area contributed by atoms with E-state index in [4.69, 9.17) is 0 Å². The number of rotatable bonds is 2. The molecule has 0 aliphatic rings. The second-order valence-corrected chi connectivity index (χ2v) is 4.59. The SMILES string of the molecule is O=c1[nH]cc(-c2ccccc2)[nH]cc(-c2ccccc2)[nH]1. The van der Waals surface area contributed by atoms with Gasteiger partial charge < -0.3 is 15.0 Å². The van der Waals surface area contributed by atoms with Crippen molar-refractivity contribution in [3.05, 3.63) is 83.5 Å². The van der Waals surface area contributed by atoms with E-state index in [0.29, 0.717) is 0 Å². The highest BCUT2D eigenvalue weighted by Gasteiger charge is 1.98. The molecule has 0 bridgehead atoms. The first-order valence-corrected chi connectivity index (χ1v) is 6.68. The molecule has 3 aromatic rings. The zero-order chi connectivity index (χ0) is 14.5. The average molecular weight is 277 g/mol. The first-order valence-electron chi connectivity index (χ1n) is 6.68. The molecule has 0 fully saturated rings. The molecule has 0 saturated heterocycles. The lowest BCUT2D eigenvalue weighted by Gasteiger charge is -2.02. The van der Waals surface area contributed by atoms with Crippen LogP contribution in [0.1, 0.15) is 0 Å². The molecule has 3 N–H and O–H groups in total. The number of H-pyrrole nitrogens is 3. The Morgan fingerprint density at radius 1 is 0.619 bits per heavy atom. The van der Waals surface area contributed by atoms with Crippen LogP contribution in [0.25, 0.3) is 22.5 Å². The van der Waals surface area contributed by atoms with Crippen molar-refractivity contribution >= 4 is 0 Å². The Bertz CT molecular complexity index is 812. The standard InChI is InChI=1S/C17H15N3O/c21-17-19-11-15(13-7-3-1-4-8-13)18-12-16(20-17)14-9-5-2-6-10-14/h1-12,18H,(H2,19,20,21). The van der Waals surface area contributed by atoms with Crippen LogP contribution in [-0.2, 0) is 0 Å². The van der Waals surface area contributed by atoms with Crippen LogP contribution in [0.2, 0.25) is 0 Å². The second kappa shape index (κ2) is 5.96. The lowest BCUT2D eigenvalue weighted by atomic mass is 10.1. The highest BCUT2D eigenvalue weighted by molar-refractivity contribution is 5.60. The summed E-state index contributed by atoms with van der Waals surface area (Å²) in [5, 5.41) is 0. The monoisotopic (exact) mass is 277 g/mol. The van der Waals surface area contributed by atoms with Crippen LogP contribution in [-0.4, -0.2) is 15.0 Å². The Hall–Kier alpha value is -3.01. The fourth-order valence-corrected chi connectivity index (χ4v) is 2.08. The van der Waals surface area contributed by atoms with Gasteiger partial charge in [0.2, 0.25) is 0 Å². The Labute approximate surface area is 121 Å². The van der Waals surface area contributed by atoms with Gasteiger partial charge in [-0.25, -0.2) is 4.79 Å². The highest BCUT2D eigenvalue weighted by Crippen LogP contribution is 2.16. The molecule has 4 nitrogen and oxygen atoms in total. The summed E-state index contributed by atoms with van der Waals surface area (Å²) in [5.41, 5.74) is 3.23. The molecule has 21 heavy (non-hydrogen) atoms. The van der Waals surface area contributed by atoms with E-state index in [1.54, 1.807) is 12.4 Å². The van der Waals surface area contributed by atoms with Crippen molar-refractivity contribution in [2.24, 2.45) is 0 Å². The van der Waals surface area contributed by atoms with Crippen molar-refractivity contribution in [3.63, 3.8) is 0 Å². The number of aromatic amines is 3. The minimum absolute atomic E-state index is 0.264. The molecule has 4 heteroatoms. The van der Waals surface area contributed by atoms with E-state index >= 15 is 0 Å². The molecule has 0 aliphatic heterocycles. The van der Waals surface area contributed by atoms with Gasteiger partial charge in [0.05, 0.1) is 11.4 Å². The number of benzene rings is 2. The molecule has 104 valence electrons. The van der Waals surface area contributed by atoms with Crippen LogP contribution in [0.15, 0.2) is 77.9 Å². The van der Waals surface area contributed by atoms with Gasteiger partial charge in [0.1, 0.15) is 0 Å². The molecule has 0 atom stereocenters. The molecule has 0 saturated carbocycles. The zero-order valence-electron chi connectivity index (χ0n) is 11.3. The van der Waals surface area contributed by atoms with Gasteiger partial charge in [-0.2, -0.15) is 0 Å². The number of nitrogens with one attached hydrogen (secondary N) is 3. The third kappa shape index (κ3) is 3.12. The van der Waals surface area contributed by atoms with Gasteiger partial charge in [-0.1, -0.05) is 60.7 Å². The molecule has 0 unspecified atom stereocenters. The van der Waals surface area contributed by atoms with Crippen molar-refractivity contribution < 1.29 is 0 Å². The van der Waals surface area contributed by atoms with Crippen LogP contribution in [0.3, 0.4) is 0 Å². The minimum atomic E-state index is -0.264. The quantitative estimate of drug-likeness (QED) is 0.659. The van der Waals surface area contributed by atoms with Gasteiger partial charge in [0, 0.05) is 12.4 Å². The largest absolute Gasteiger partial charge is 0.358 e. The second-order valence-electron chi connectivity index (χ2n) is 4.59. The topological polar surface area (TPSA) is 64.4 Å². The average Bonchev–Trinajstić information content (AvgIpc) is 2.53. The van der Waals surface area contributed by atoms with Crippen LogP contribution in [0.5, 0.6) is 0 Å². The van der Waals surface area contributed by atoms with Crippen molar-refractivity contribution in [1.29, 1.82) is 0 Å². The molecule has 0 aliphatic carbocycles. The fraction of sp³-hybridized carbons (Fsp3) is 0. The van der Waals surface area contributed by atoms with Gasteiger partial charge >= 0.3 is 5.69 Å². The summed E-state index contributed by atoms with van der Waals surface area (Å²) >= 11 is 0. The predicted molar refractivity (Wildman–Crippen MR) is 84.3 cm³/mol. The summed E-state index contributed by atoms with van der Waals surface area (Å²) in [6.07, 6.45) is 3.45. The van der Waals surface area contributed by atoms with E-state index in [0.717, 1.165) is 22.5 Å². The summed E-state index contributed by atoms with van der Waals surface area (Å²) in [6.45, 7) is 0. The van der Waals surface area contributed by atoms with E-state index in [1.165, 1.54) is 0 Å².